The Morgan fingerprint density at radius 2 is 2.05 bits per heavy atom. The number of likely N-dealkylation sites (tertiary alicyclic amines) is 1. The number of anilines is 1. The number of aromatic nitrogens is 2. The monoisotopic (exact) mass is 300 g/mol. The van der Waals surface area contributed by atoms with E-state index in [1.165, 1.54) is 5.56 Å². The number of hydrogen-bond acceptors (Lipinski definition) is 4. The van der Waals surface area contributed by atoms with E-state index in [0.717, 1.165) is 43.6 Å². The maximum atomic E-state index is 13.7. The van der Waals surface area contributed by atoms with Gasteiger partial charge in [-0.15, -0.1) is 0 Å². The fourth-order valence-corrected chi connectivity index (χ4v) is 3.23. The highest BCUT2D eigenvalue weighted by molar-refractivity contribution is 5.47. The molecule has 0 atom stereocenters. The van der Waals surface area contributed by atoms with Gasteiger partial charge in [0.05, 0.1) is 11.9 Å². The van der Waals surface area contributed by atoms with E-state index in [1.54, 1.807) is 18.3 Å². The van der Waals surface area contributed by atoms with Crippen molar-refractivity contribution < 1.29 is 4.39 Å². The summed E-state index contributed by atoms with van der Waals surface area (Å²) in [6.45, 7) is 4.94. The Bertz CT molecular complexity index is 637. The van der Waals surface area contributed by atoms with Crippen LogP contribution >= 0.6 is 0 Å². The van der Waals surface area contributed by atoms with Crippen molar-refractivity contribution in [1.82, 2.24) is 15.1 Å². The number of hydrogen-bond donors (Lipinski definition) is 1. The first-order valence-electron chi connectivity index (χ1n) is 7.67. The van der Waals surface area contributed by atoms with Gasteiger partial charge in [-0.05, 0) is 73.7 Å². The zero-order chi connectivity index (χ0) is 15.5. The van der Waals surface area contributed by atoms with E-state index >= 15 is 0 Å². The highest BCUT2D eigenvalue weighted by Crippen LogP contribution is 2.32. The molecule has 1 aliphatic rings. The number of nitrogens with two attached hydrogens (primary N) is 1. The van der Waals surface area contributed by atoms with Crippen LogP contribution in [-0.2, 0) is 6.54 Å². The number of nitrogens with zero attached hydrogens (tertiary/aromatic N) is 3. The Morgan fingerprint density at radius 3 is 2.73 bits per heavy atom. The quantitative estimate of drug-likeness (QED) is 0.886. The first kappa shape index (κ1) is 14.9. The minimum absolute atomic E-state index is 0.240. The molecule has 5 heteroatoms. The van der Waals surface area contributed by atoms with E-state index in [4.69, 9.17) is 5.73 Å². The lowest BCUT2D eigenvalue weighted by Crippen LogP contribution is -2.32. The molecule has 1 aromatic heterocycles. The van der Waals surface area contributed by atoms with E-state index in [2.05, 4.69) is 15.1 Å². The smallest absolute Gasteiger partial charge is 0.146 e. The molecule has 1 fully saturated rings. The Morgan fingerprint density at radius 1 is 1.27 bits per heavy atom. The first-order chi connectivity index (χ1) is 10.6. The van der Waals surface area contributed by atoms with Gasteiger partial charge in [-0.2, -0.15) is 10.2 Å². The van der Waals surface area contributed by atoms with Gasteiger partial charge in [-0.25, -0.2) is 4.39 Å². The van der Waals surface area contributed by atoms with Crippen molar-refractivity contribution in [2.24, 2.45) is 0 Å². The second-order valence-corrected chi connectivity index (χ2v) is 6.03. The fraction of sp³-hybridized carbons (Fsp3) is 0.412. The molecule has 1 saturated heterocycles. The van der Waals surface area contributed by atoms with E-state index in [-0.39, 0.29) is 11.5 Å². The molecule has 2 heterocycles. The van der Waals surface area contributed by atoms with Crippen molar-refractivity contribution in [3.63, 3.8) is 0 Å². The molecule has 116 valence electrons. The minimum atomic E-state index is -0.300. The van der Waals surface area contributed by atoms with Gasteiger partial charge in [0, 0.05) is 12.7 Å². The second kappa shape index (κ2) is 6.40. The van der Waals surface area contributed by atoms with Crippen molar-refractivity contribution in [2.45, 2.75) is 32.2 Å². The zero-order valence-electron chi connectivity index (χ0n) is 12.8. The van der Waals surface area contributed by atoms with Crippen LogP contribution in [0.5, 0.6) is 0 Å². The topological polar surface area (TPSA) is 55.0 Å². The van der Waals surface area contributed by atoms with Crippen LogP contribution in [0.25, 0.3) is 0 Å². The van der Waals surface area contributed by atoms with Crippen molar-refractivity contribution >= 4 is 5.69 Å². The Kier molecular flexibility index (Phi) is 4.34. The van der Waals surface area contributed by atoms with Crippen molar-refractivity contribution in [1.29, 1.82) is 0 Å². The van der Waals surface area contributed by atoms with Gasteiger partial charge in [0.25, 0.3) is 0 Å². The molecule has 0 saturated carbocycles. The molecule has 1 aromatic carbocycles. The summed E-state index contributed by atoms with van der Waals surface area (Å²) in [5.41, 5.74) is 9.26. The number of nitrogen functional groups attached to an aromatic ring is 1. The molecule has 2 aromatic rings. The van der Waals surface area contributed by atoms with Gasteiger partial charge in [-0.3, -0.25) is 4.90 Å². The van der Waals surface area contributed by atoms with Crippen LogP contribution < -0.4 is 5.73 Å². The van der Waals surface area contributed by atoms with Gasteiger partial charge >= 0.3 is 0 Å². The Balaban J connectivity index is 1.63. The summed E-state index contributed by atoms with van der Waals surface area (Å²) >= 11 is 0. The van der Waals surface area contributed by atoms with E-state index in [0.29, 0.717) is 5.92 Å². The third-order valence-electron chi connectivity index (χ3n) is 4.46. The van der Waals surface area contributed by atoms with Crippen LogP contribution in [0, 0.1) is 12.7 Å². The molecular formula is C17H21FN4. The average molecular weight is 300 g/mol. The third-order valence-corrected chi connectivity index (χ3v) is 4.46. The van der Waals surface area contributed by atoms with Crippen molar-refractivity contribution in [2.75, 3.05) is 18.8 Å². The molecule has 0 radical (unpaired) electrons. The molecular weight excluding hydrogens is 279 g/mol. The summed E-state index contributed by atoms with van der Waals surface area (Å²) in [5.74, 6) is 0.118. The van der Waals surface area contributed by atoms with Crippen LogP contribution in [0.2, 0.25) is 0 Å². The van der Waals surface area contributed by atoms with Crippen molar-refractivity contribution in [3.05, 3.63) is 53.1 Å². The van der Waals surface area contributed by atoms with Gasteiger partial charge in [0.2, 0.25) is 0 Å². The highest BCUT2D eigenvalue weighted by Gasteiger charge is 2.22. The zero-order valence-corrected chi connectivity index (χ0v) is 12.8. The highest BCUT2D eigenvalue weighted by atomic mass is 19.1. The maximum absolute atomic E-state index is 13.7. The second-order valence-electron chi connectivity index (χ2n) is 6.03. The van der Waals surface area contributed by atoms with E-state index in [1.807, 2.05) is 19.2 Å². The summed E-state index contributed by atoms with van der Waals surface area (Å²) in [4.78, 5) is 2.41. The molecule has 0 spiro atoms. The van der Waals surface area contributed by atoms with Gasteiger partial charge in [-0.1, -0.05) is 0 Å². The summed E-state index contributed by atoms with van der Waals surface area (Å²) in [5, 5.41) is 7.71. The fourth-order valence-electron chi connectivity index (χ4n) is 3.23. The molecule has 2 N–H and O–H groups in total. The summed E-state index contributed by atoms with van der Waals surface area (Å²) in [7, 11) is 0. The molecule has 0 amide bonds. The lowest BCUT2D eigenvalue weighted by atomic mass is 9.86. The van der Waals surface area contributed by atoms with Crippen LogP contribution in [0.3, 0.4) is 0 Å². The molecule has 4 nitrogen and oxygen atoms in total. The SMILES string of the molecule is Cc1cc(N)c(F)cc1C1CCN(Cc2ccnnc2)CC1. The van der Waals surface area contributed by atoms with E-state index < -0.39 is 0 Å². The predicted molar refractivity (Wildman–Crippen MR) is 84.8 cm³/mol. The van der Waals surface area contributed by atoms with Gasteiger partial charge in [0.1, 0.15) is 5.82 Å². The lowest BCUT2D eigenvalue weighted by Gasteiger charge is -2.32. The number of benzene rings is 1. The molecule has 0 aliphatic carbocycles. The number of rotatable bonds is 3. The minimum Gasteiger partial charge on any atom is -0.396 e. The normalized spacial score (nSPS) is 16.8. The Labute approximate surface area is 130 Å². The maximum Gasteiger partial charge on any atom is 0.146 e. The Hall–Kier alpha value is -2.01. The number of halogens is 1. The molecule has 1 aliphatic heterocycles. The first-order valence-corrected chi connectivity index (χ1v) is 7.67. The third kappa shape index (κ3) is 3.25. The number of aryl methyl sites for hydroxylation is 1. The molecule has 22 heavy (non-hydrogen) atoms. The van der Waals surface area contributed by atoms with E-state index in [9.17, 15) is 4.39 Å². The largest absolute Gasteiger partial charge is 0.396 e. The average Bonchev–Trinajstić information content (AvgIpc) is 2.53. The van der Waals surface area contributed by atoms with Crippen molar-refractivity contribution in [3.8, 4) is 0 Å². The van der Waals surface area contributed by atoms with Gasteiger partial charge in [0.15, 0.2) is 0 Å². The van der Waals surface area contributed by atoms with Crippen LogP contribution in [0.4, 0.5) is 10.1 Å². The molecule has 0 unspecified atom stereocenters. The number of piperidine rings is 1. The molecule has 0 bridgehead atoms. The standard InChI is InChI=1S/C17H21FN4/c1-12-8-17(19)16(18)9-15(12)14-3-6-22(7-4-14)11-13-2-5-20-21-10-13/h2,5,8-10,14H,3-4,6-7,11,19H2,1H3. The van der Waals surface area contributed by atoms with Crippen LogP contribution in [-0.4, -0.2) is 28.2 Å². The summed E-state index contributed by atoms with van der Waals surface area (Å²) in [6.07, 6.45) is 5.62. The van der Waals surface area contributed by atoms with Gasteiger partial charge < -0.3 is 5.73 Å². The molecule has 3 rings (SSSR count). The summed E-state index contributed by atoms with van der Waals surface area (Å²) in [6, 6.07) is 5.37. The lowest BCUT2D eigenvalue weighted by molar-refractivity contribution is 0.204. The van der Waals surface area contributed by atoms with Crippen LogP contribution in [0.15, 0.2) is 30.6 Å². The summed E-state index contributed by atoms with van der Waals surface area (Å²) < 4.78 is 13.7. The van der Waals surface area contributed by atoms with Crippen LogP contribution in [0.1, 0.15) is 35.4 Å². The predicted octanol–water partition coefficient (Wildman–Crippen LogP) is 2.89.